The number of nitrogens with one attached hydrogen (secondary N) is 1. The molecule has 4 aromatic rings. The number of halogens is 1. The highest BCUT2D eigenvalue weighted by atomic mass is 19.1. The van der Waals surface area contributed by atoms with Gasteiger partial charge in [0.1, 0.15) is 17.3 Å². The zero-order valence-corrected chi connectivity index (χ0v) is 16.7. The van der Waals surface area contributed by atoms with Crippen molar-refractivity contribution >= 4 is 5.82 Å². The van der Waals surface area contributed by atoms with E-state index in [-0.39, 0.29) is 5.82 Å². The molecule has 2 aromatic heterocycles. The predicted molar refractivity (Wildman–Crippen MR) is 118 cm³/mol. The van der Waals surface area contributed by atoms with Gasteiger partial charge in [-0.15, -0.1) is 0 Å². The van der Waals surface area contributed by atoms with Gasteiger partial charge in [-0.25, -0.2) is 9.37 Å². The molecule has 0 atom stereocenters. The molecule has 0 aliphatic carbocycles. The Labute approximate surface area is 175 Å². The van der Waals surface area contributed by atoms with Crippen LogP contribution in [0.5, 0.6) is 0 Å². The third-order valence-corrected chi connectivity index (χ3v) is 5.57. The largest absolute Gasteiger partial charge is 0.366 e. The minimum absolute atomic E-state index is 0.236. The van der Waals surface area contributed by atoms with Gasteiger partial charge >= 0.3 is 0 Å². The number of anilines is 1. The van der Waals surface area contributed by atoms with Crippen LogP contribution in [-0.2, 0) is 19.5 Å². The van der Waals surface area contributed by atoms with E-state index in [4.69, 9.17) is 5.10 Å². The Morgan fingerprint density at radius 1 is 0.933 bits per heavy atom. The Morgan fingerprint density at radius 3 is 2.60 bits per heavy atom. The number of benzene rings is 2. The Bertz CT molecular complexity index is 1150. The molecule has 0 bridgehead atoms. The van der Waals surface area contributed by atoms with Crippen LogP contribution in [0.2, 0.25) is 0 Å². The van der Waals surface area contributed by atoms with E-state index in [9.17, 15) is 4.39 Å². The first-order valence-electron chi connectivity index (χ1n) is 10.4. The second-order valence-corrected chi connectivity index (χ2v) is 7.63. The summed E-state index contributed by atoms with van der Waals surface area (Å²) in [5.41, 5.74) is 6.52. The van der Waals surface area contributed by atoms with E-state index in [2.05, 4.69) is 33.2 Å². The van der Waals surface area contributed by atoms with Gasteiger partial charge in [0.2, 0.25) is 0 Å². The predicted octanol–water partition coefficient (Wildman–Crippen LogP) is 5.70. The number of hydrogen-bond acceptors (Lipinski definition) is 3. The Kier molecular flexibility index (Phi) is 5.01. The molecule has 0 amide bonds. The van der Waals surface area contributed by atoms with Gasteiger partial charge in [0.15, 0.2) is 0 Å². The summed E-state index contributed by atoms with van der Waals surface area (Å²) in [6.45, 7) is 1.64. The normalized spacial score (nSPS) is 13.1. The lowest BCUT2D eigenvalue weighted by Gasteiger charge is -2.15. The van der Waals surface area contributed by atoms with Crippen LogP contribution in [0, 0.1) is 5.82 Å². The molecular formula is C25H23FN4. The molecular weight excluding hydrogens is 375 g/mol. The smallest absolute Gasteiger partial charge is 0.126 e. The average Bonchev–Trinajstić information content (AvgIpc) is 3.19. The molecule has 2 aromatic carbocycles. The average molecular weight is 398 g/mol. The molecule has 1 aliphatic heterocycles. The van der Waals surface area contributed by atoms with Gasteiger partial charge in [-0.05, 0) is 66.8 Å². The Balaban J connectivity index is 1.53. The zero-order valence-electron chi connectivity index (χ0n) is 16.7. The van der Waals surface area contributed by atoms with Crippen LogP contribution >= 0.6 is 0 Å². The molecule has 0 saturated heterocycles. The third-order valence-electron chi connectivity index (χ3n) is 5.57. The first kappa shape index (κ1) is 18.6. The van der Waals surface area contributed by atoms with Crippen LogP contribution in [0.1, 0.15) is 24.1 Å². The lowest BCUT2D eigenvalue weighted by atomic mass is 9.96. The minimum Gasteiger partial charge on any atom is -0.366 e. The topological polar surface area (TPSA) is 42.7 Å². The van der Waals surface area contributed by atoms with Gasteiger partial charge in [0.25, 0.3) is 0 Å². The Hall–Kier alpha value is -3.47. The summed E-state index contributed by atoms with van der Waals surface area (Å²) >= 11 is 0. The summed E-state index contributed by atoms with van der Waals surface area (Å²) in [6, 6.07) is 21.0. The van der Waals surface area contributed by atoms with Crippen molar-refractivity contribution in [2.75, 3.05) is 5.32 Å². The summed E-state index contributed by atoms with van der Waals surface area (Å²) in [7, 11) is 0. The summed E-state index contributed by atoms with van der Waals surface area (Å²) in [6.07, 6.45) is 5.13. The summed E-state index contributed by atoms with van der Waals surface area (Å²) in [4.78, 5) is 4.50. The first-order chi connectivity index (χ1) is 14.8. The van der Waals surface area contributed by atoms with Gasteiger partial charge in [0, 0.05) is 36.1 Å². The van der Waals surface area contributed by atoms with Gasteiger partial charge < -0.3 is 5.32 Å². The number of aryl methyl sites for hydroxylation is 1. The van der Waals surface area contributed by atoms with Crippen LogP contribution in [0.4, 0.5) is 10.2 Å². The molecule has 4 nitrogen and oxygen atoms in total. The van der Waals surface area contributed by atoms with Crippen LogP contribution in [0.25, 0.3) is 22.4 Å². The molecule has 0 fully saturated rings. The number of pyridine rings is 1. The number of aromatic nitrogens is 3. The minimum atomic E-state index is -0.236. The lowest BCUT2D eigenvalue weighted by molar-refractivity contribution is 0.487. The molecule has 5 heteroatoms. The van der Waals surface area contributed by atoms with Crippen LogP contribution < -0.4 is 5.32 Å². The molecule has 1 N–H and O–H groups in total. The van der Waals surface area contributed by atoms with Crippen LogP contribution in [0.15, 0.2) is 72.9 Å². The van der Waals surface area contributed by atoms with Gasteiger partial charge in [-0.2, -0.15) is 5.10 Å². The van der Waals surface area contributed by atoms with E-state index in [1.165, 1.54) is 23.4 Å². The van der Waals surface area contributed by atoms with Crippen molar-refractivity contribution in [2.24, 2.45) is 0 Å². The van der Waals surface area contributed by atoms with Crippen LogP contribution in [0.3, 0.4) is 0 Å². The first-order valence-corrected chi connectivity index (χ1v) is 10.4. The second-order valence-electron chi connectivity index (χ2n) is 7.63. The maximum absolute atomic E-state index is 13.5. The molecule has 5 rings (SSSR count). The SMILES string of the molecule is Fc1ccc(-c2nn3c(c2-c2ccnc(NCc4ccccc4)c2)CCCC3)cc1. The van der Waals surface area contributed by atoms with Gasteiger partial charge in [-0.1, -0.05) is 30.3 Å². The van der Waals surface area contributed by atoms with Crippen molar-refractivity contribution in [3.63, 3.8) is 0 Å². The highest BCUT2D eigenvalue weighted by Crippen LogP contribution is 2.37. The fourth-order valence-corrected chi connectivity index (χ4v) is 4.07. The van der Waals surface area contributed by atoms with Crippen molar-refractivity contribution in [1.82, 2.24) is 14.8 Å². The number of nitrogens with zero attached hydrogens (tertiary/aromatic N) is 3. The van der Waals surface area contributed by atoms with E-state index in [0.29, 0.717) is 6.54 Å². The number of rotatable bonds is 5. The monoisotopic (exact) mass is 398 g/mol. The maximum atomic E-state index is 13.5. The molecule has 0 saturated carbocycles. The molecule has 150 valence electrons. The second kappa shape index (κ2) is 8.11. The van der Waals surface area contributed by atoms with Crippen molar-refractivity contribution in [2.45, 2.75) is 32.4 Å². The maximum Gasteiger partial charge on any atom is 0.126 e. The van der Waals surface area contributed by atoms with Crippen molar-refractivity contribution in [1.29, 1.82) is 0 Å². The molecule has 3 heterocycles. The van der Waals surface area contributed by atoms with Gasteiger partial charge in [0.05, 0.1) is 0 Å². The summed E-state index contributed by atoms with van der Waals surface area (Å²) in [5, 5.41) is 8.33. The Morgan fingerprint density at radius 2 is 1.77 bits per heavy atom. The van der Waals surface area contributed by atoms with E-state index in [1.54, 1.807) is 0 Å². The fourth-order valence-electron chi connectivity index (χ4n) is 4.07. The quantitative estimate of drug-likeness (QED) is 0.469. The van der Waals surface area contributed by atoms with E-state index >= 15 is 0 Å². The van der Waals surface area contributed by atoms with Crippen molar-refractivity contribution < 1.29 is 4.39 Å². The molecule has 30 heavy (non-hydrogen) atoms. The zero-order chi connectivity index (χ0) is 20.3. The highest BCUT2D eigenvalue weighted by molar-refractivity contribution is 5.83. The van der Waals surface area contributed by atoms with Crippen molar-refractivity contribution in [3.8, 4) is 22.4 Å². The molecule has 0 unspecified atom stereocenters. The summed E-state index contributed by atoms with van der Waals surface area (Å²) < 4.78 is 15.6. The lowest BCUT2D eigenvalue weighted by Crippen LogP contribution is -2.11. The summed E-state index contributed by atoms with van der Waals surface area (Å²) in [5.74, 6) is 0.595. The van der Waals surface area contributed by atoms with E-state index < -0.39 is 0 Å². The third kappa shape index (κ3) is 3.71. The van der Waals surface area contributed by atoms with Crippen molar-refractivity contribution in [3.05, 3.63) is 90.0 Å². The van der Waals surface area contributed by atoms with E-state index in [1.807, 2.05) is 42.6 Å². The van der Waals surface area contributed by atoms with Gasteiger partial charge in [-0.3, -0.25) is 4.68 Å². The molecule has 0 radical (unpaired) electrons. The highest BCUT2D eigenvalue weighted by Gasteiger charge is 2.23. The number of hydrogen-bond donors (Lipinski definition) is 1. The fraction of sp³-hybridized carbons (Fsp3) is 0.200. The van der Waals surface area contributed by atoms with E-state index in [0.717, 1.165) is 54.0 Å². The standard InChI is InChI=1S/C25H23FN4/c26-21-11-9-19(10-12-21)25-24(22-8-4-5-15-30(22)29-25)20-13-14-27-23(16-20)28-17-18-6-2-1-3-7-18/h1-3,6-7,9-14,16H,4-5,8,15,17H2,(H,27,28). The molecule has 1 aliphatic rings. The number of fused-ring (bicyclic) bond motifs is 1. The van der Waals surface area contributed by atoms with Crippen LogP contribution in [-0.4, -0.2) is 14.8 Å². The molecule has 0 spiro atoms.